The summed E-state index contributed by atoms with van der Waals surface area (Å²) in [5.41, 5.74) is -1.68. The third-order valence-electron chi connectivity index (χ3n) is 4.13. The van der Waals surface area contributed by atoms with Gasteiger partial charge in [0.1, 0.15) is 5.69 Å². The molecule has 0 saturated carbocycles. The highest BCUT2D eigenvalue weighted by Crippen LogP contribution is 2.37. The number of aromatic amines is 2. The smallest absolute Gasteiger partial charge is 0.431 e. The highest BCUT2D eigenvalue weighted by molar-refractivity contribution is 5.84. The fourth-order valence-electron chi connectivity index (χ4n) is 2.78. The quantitative estimate of drug-likeness (QED) is 0.512. The number of alkyl halides is 3. The molecule has 0 spiro atoms. The molecule has 0 bridgehead atoms. The molecule has 0 unspecified atom stereocenters. The summed E-state index contributed by atoms with van der Waals surface area (Å²) < 4.78 is 47.3. The van der Waals surface area contributed by atoms with Gasteiger partial charge >= 0.3 is 11.9 Å². The van der Waals surface area contributed by atoms with Crippen LogP contribution in [-0.2, 0) is 7.05 Å². The van der Waals surface area contributed by atoms with Crippen LogP contribution in [0.2, 0.25) is 0 Å². The SMILES string of the molecule is Cn1nc(O[C@@H](c2ccccn2)C(F)(F)F)c2cc(-c3c[nH]c(=O)[nH]c3=O)nnc21. The number of halogens is 3. The van der Waals surface area contributed by atoms with E-state index in [4.69, 9.17) is 4.74 Å². The maximum absolute atomic E-state index is 13.6. The molecule has 2 N–H and O–H groups in total. The van der Waals surface area contributed by atoms with Gasteiger partial charge in [-0.1, -0.05) is 6.07 Å². The third kappa shape index (κ3) is 3.52. The maximum atomic E-state index is 13.6. The first kappa shape index (κ1) is 19.3. The van der Waals surface area contributed by atoms with Crippen molar-refractivity contribution < 1.29 is 17.9 Å². The number of H-pyrrole nitrogens is 2. The second-order valence-corrected chi connectivity index (χ2v) is 6.18. The molecule has 13 heteroatoms. The molecule has 0 aliphatic carbocycles. The van der Waals surface area contributed by atoms with Gasteiger partial charge < -0.3 is 9.72 Å². The molecule has 0 radical (unpaired) electrons. The number of aromatic nitrogens is 7. The molecule has 4 heterocycles. The Morgan fingerprint density at radius 3 is 2.67 bits per heavy atom. The first-order chi connectivity index (χ1) is 14.2. The van der Waals surface area contributed by atoms with Crippen molar-refractivity contribution in [2.45, 2.75) is 12.3 Å². The van der Waals surface area contributed by atoms with Crippen molar-refractivity contribution in [2.24, 2.45) is 7.05 Å². The Kier molecular flexibility index (Phi) is 4.56. The lowest BCUT2D eigenvalue weighted by molar-refractivity contribution is -0.199. The van der Waals surface area contributed by atoms with E-state index >= 15 is 0 Å². The van der Waals surface area contributed by atoms with E-state index in [1.807, 2.05) is 4.98 Å². The Labute approximate surface area is 164 Å². The minimum Gasteiger partial charge on any atom is -0.456 e. The summed E-state index contributed by atoms with van der Waals surface area (Å²) in [6, 6.07) is 5.39. The van der Waals surface area contributed by atoms with E-state index in [0.717, 1.165) is 6.20 Å². The van der Waals surface area contributed by atoms with Crippen molar-refractivity contribution in [1.29, 1.82) is 0 Å². The standard InChI is InChI=1S/C17H12F3N7O3/c1-27-13-8(6-11(24-25-13)9-7-22-16(29)23-14(9)28)15(26-27)30-12(17(18,19)20)10-4-2-3-5-21-10/h2-7,12H,1H3,(H2,22,23,28,29)/t12-/m0/s1. The van der Waals surface area contributed by atoms with Crippen LogP contribution in [0, 0.1) is 0 Å². The molecule has 1 atom stereocenters. The van der Waals surface area contributed by atoms with Crippen LogP contribution in [0.25, 0.3) is 22.3 Å². The molecule has 4 aromatic heterocycles. The lowest BCUT2D eigenvalue weighted by Gasteiger charge is -2.20. The molecule has 0 amide bonds. The van der Waals surface area contributed by atoms with E-state index in [2.05, 4.69) is 25.3 Å². The van der Waals surface area contributed by atoms with E-state index in [9.17, 15) is 22.8 Å². The summed E-state index contributed by atoms with van der Waals surface area (Å²) in [6.07, 6.45) is -4.79. The summed E-state index contributed by atoms with van der Waals surface area (Å²) in [5.74, 6) is -0.363. The number of pyridine rings is 1. The van der Waals surface area contributed by atoms with Gasteiger partial charge in [-0.15, -0.1) is 15.3 Å². The summed E-state index contributed by atoms with van der Waals surface area (Å²) in [7, 11) is 1.46. The van der Waals surface area contributed by atoms with Gasteiger partial charge in [-0.2, -0.15) is 13.2 Å². The Morgan fingerprint density at radius 1 is 1.20 bits per heavy atom. The second kappa shape index (κ2) is 7.09. The summed E-state index contributed by atoms with van der Waals surface area (Å²) >= 11 is 0. The monoisotopic (exact) mass is 419 g/mol. The molecule has 4 rings (SSSR count). The van der Waals surface area contributed by atoms with Crippen LogP contribution in [0.1, 0.15) is 11.8 Å². The number of rotatable bonds is 4. The van der Waals surface area contributed by atoms with E-state index in [1.165, 1.54) is 42.2 Å². The Bertz CT molecular complexity index is 1330. The van der Waals surface area contributed by atoms with Crippen molar-refractivity contribution in [2.75, 3.05) is 0 Å². The van der Waals surface area contributed by atoms with Crippen molar-refractivity contribution in [3.8, 4) is 17.1 Å². The molecular weight excluding hydrogens is 407 g/mol. The van der Waals surface area contributed by atoms with Crippen LogP contribution in [0.3, 0.4) is 0 Å². The largest absolute Gasteiger partial charge is 0.456 e. The number of hydrogen-bond donors (Lipinski definition) is 2. The number of nitrogens with zero attached hydrogens (tertiary/aromatic N) is 5. The van der Waals surface area contributed by atoms with E-state index in [-0.39, 0.29) is 33.9 Å². The molecule has 0 aliphatic heterocycles. The van der Waals surface area contributed by atoms with Crippen LogP contribution >= 0.6 is 0 Å². The molecule has 0 fully saturated rings. The number of aryl methyl sites for hydroxylation is 1. The summed E-state index contributed by atoms with van der Waals surface area (Å²) in [6.45, 7) is 0. The Hall–Kier alpha value is -4.03. The Balaban J connectivity index is 1.82. The van der Waals surface area contributed by atoms with Crippen molar-refractivity contribution in [1.82, 2.24) is 34.9 Å². The zero-order valence-electron chi connectivity index (χ0n) is 15.1. The van der Waals surface area contributed by atoms with Crippen molar-refractivity contribution >= 4 is 11.0 Å². The number of ether oxygens (including phenoxy) is 1. The minimum absolute atomic E-state index is 0.0132. The molecule has 0 aromatic carbocycles. The second-order valence-electron chi connectivity index (χ2n) is 6.18. The number of nitrogens with one attached hydrogen (secondary N) is 2. The fraction of sp³-hybridized carbons (Fsp3) is 0.176. The summed E-state index contributed by atoms with van der Waals surface area (Å²) in [5, 5.41) is 11.9. The zero-order valence-corrected chi connectivity index (χ0v) is 15.1. The van der Waals surface area contributed by atoms with Crippen LogP contribution in [0.5, 0.6) is 5.88 Å². The van der Waals surface area contributed by atoms with Gasteiger partial charge in [0.25, 0.3) is 5.56 Å². The first-order valence-electron chi connectivity index (χ1n) is 8.41. The first-order valence-corrected chi connectivity index (χ1v) is 8.41. The number of fused-ring (bicyclic) bond motifs is 1. The van der Waals surface area contributed by atoms with Crippen molar-refractivity contribution in [3.05, 3.63) is 63.2 Å². The Morgan fingerprint density at radius 2 is 2.00 bits per heavy atom. The van der Waals surface area contributed by atoms with Gasteiger partial charge in [-0.3, -0.25) is 14.8 Å². The lowest BCUT2D eigenvalue weighted by atomic mass is 10.2. The van der Waals surface area contributed by atoms with Gasteiger partial charge in [0.15, 0.2) is 5.65 Å². The van der Waals surface area contributed by atoms with Crippen LogP contribution in [0.15, 0.2) is 46.2 Å². The molecule has 30 heavy (non-hydrogen) atoms. The average molecular weight is 419 g/mol. The fourth-order valence-corrected chi connectivity index (χ4v) is 2.78. The van der Waals surface area contributed by atoms with Crippen molar-refractivity contribution in [3.63, 3.8) is 0 Å². The van der Waals surface area contributed by atoms with Crippen LogP contribution in [-0.4, -0.2) is 41.1 Å². The lowest BCUT2D eigenvalue weighted by Crippen LogP contribution is -2.27. The molecule has 0 saturated heterocycles. The average Bonchev–Trinajstić information content (AvgIpc) is 3.01. The predicted molar refractivity (Wildman–Crippen MR) is 96.6 cm³/mol. The van der Waals surface area contributed by atoms with E-state index in [0.29, 0.717) is 0 Å². The van der Waals surface area contributed by atoms with Gasteiger partial charge in [-0.25, -0.2) is 9.48 Å². The zero-order chi connectivity index (χ0) is 21.5. The molecular formula is C17H12F3N7O3. The van der Waals surface area contributed by atoms with Crippen LogP contribution in [0.4, 0.5) is 13.2 Å². The predicted octanol–water partition coefficient (Wildman–Crippen LogP) is 1.48. The number of hydrogen-bond acceptors (Lipinski definition) is 7. The van der Waals surface area contributed by atoms with E-state index < -0.39 is 23.5 Å². The molecule has 10 nitrogen and oxygen atoms in total. The minimum atomic E-state index is -4.77. The molecule has 4 aromatic rings. The topological polar surface area (TPSA) is 131 Å². The summed E-state index contributed by atoms with van der Waals surface area (Å²) in [4.78, 5) is 31.3. The highest BCUT2D eigenvalue weighted by Gasteiger charge is 2.44. The molecule has 154 valence electrons. The molecule has 0 aliphatic rings. The highest BCUT2D eigenvalue weighted by atomic mass is 19.4. The third-order valence-corrected chi connectivity index (χ3v) is 4.13. The van der Waals surface area contributed by atoms with Gasteiger partial charge in [0, 0.05) is 19.4 Å². The van der Waals surface area contributed by atoms with E-state index in [1.54, 1.807) is 0 Å². The van der Waals surface area contributed by atoms with Crippen LogP contribution < -0.4 is 16.0 Å². The maximum Gasteiger partial charge on any atom is 0.431 e. The van der Waals surface area contributed by atoms with Gasteiger partial charge in [0.2, 0.25) is 12.0 Å². The van der Waals surface area contributed by atoms with Gasteiger partial charge in [-0.05, 0) is 18.2 Å². The van der Waals surface area contributed by atoms with Gasteiger partial charge in [0.05, 0.1) is 16.6 Å². The normalized spacial score (nSPS) is 12.8.